The van der Waals surface area contributed by atoms with Gasteiger partial charge in [0.1, 0.15) is 0 Å². The van der Waals surface area contributed by atoms with Gasteiger partial charge in [0.25, 0.3) is 0 Å². The third-order valence-corrected chi connectivity index (χ3v) is 2.83. The van der Waals surface area contributed by atoms with Crippen LogP contribution < -0.4 is 5.32 Å². The van der Waals surface area contributed by atoms with Gasteiger partial charge in [-0.15, -0.1) is 0 Å². The van der Waals surface area contributed by atoms with Crippen LogP contribution in [-0.4, -0.2) is 11.1 Å². The molecule has 0 aliphatic rings. The van der Waals surface area contributed by atoms with Crippen molar-refractivity contribution in [2.45, 2.75) is 0 Å². The lowest BCUT2D eigenvalue weighted by atomic mass is 10.3. The van der Waals surface area contributed by atoms with E-state index in [0.29, 0.717) is 0 Å². The third-order valence-electron chi connectivity index (χ3n) is 1.39. The molecule has 3 nitrogen and oxygen atoms in total. The molecular weight excluding hydrogens is 361 g/mol. The van der Waals surface area contributed by atoms with Gasteiger partial charge >= 0.3 is 5.97 Å². The summed E-state index contributed by atoms with van der Waals surface area (Å²) in [6.45, 7) is 0. The number of nitrogens with one attached hydrogen (secondary N) is 1. The lowest BCUT2D eigenvalue weighted by molar-refractivity contribution is -0.131. The Morgan fingerprint density at radius 2 is 2.29 bits per heavy atom. The van der Waals surface area contributed by atoms with E-state index in [0.717, 1.165) is 19.8 Å². The van der Waals surface area contributed by atoms with Gasteiger partial charge in [-0.2, -0.15) is 0 Å². The molecule has 0 heterocycles. The van der Waals surface area contributed by atoms with Gasteiger partial charge in [-0.1, -0.05) is 15.9 Å². The van der Waals surface area contributed by atoms with Crippen molar-refractivity contribution in [2.75, 3.05) is 5.32 Å². The molecule has 0 atom stereocenters. The summed E-state index contributed by atoms with van der Waals surface area (Å²) in [6, 6.07) is 5.74. The minimum atomic E-state index is -0.970. The zero-order valence-corrected chi connectivity index (χ0v) is 10.7. The van der Waals surface area contributed by atoms with Crippen LogP contribution in [0.2, 0.25) is 0 Å². The number of aliphatic carboxylic acids is 1. The molecule has 1 rings (SSSR count). The molecule has 0 unspecified atom stereocenters. The summed E-state index contributed by atoms with van der Waals surface area (Å²) in [5.74, 6) is -0.970. The van der Waals surface area contributed by atoms with E-state index < -0.39 is 5.97 Å². The van der Waals surface area contributed by atoms with Crippen LogP contribution in [0.15, 0.2) is 34.9 Å². The van der Waals surface area contributed by atoms with E-state index in [4.69, 9.17) is 5.11 Å². The lowest BCUT2D eigenvalue weighted by Crippen LogP contribution is -1.94. The fourth-order valence-corrected chi connectivity index (χ4v) is 1.66. The molecule has 0 aliphatic heterocycles. The van der Waals surface area contributed by atoms with Gasteiger partial charge in [-0.3, -0.25) is 0 Å². The van der Waals surface area contributed by atoms with Gasteiger partial charge in [-0.05, 0) is 40.8 Å². The molecule has 1 aromatic carbocycles. The fourth-order valence-electron chi connectivity index (χ4n) is 0.811. The quantitative estimate of drug-likeness (QED) is 0.637. The first-order valence-electron chi connectivity index (χ1n) is 3.70. The van der Waals surface area contributed by atoms with E-state index in [9.17, 15) is 4.79 Å². The van der Waals surface area contributed by atoms with E-state index >= 15 is 0 Å². The van der Waals surface area contributed by atoms with Gasteiger partial charge in [0.15, 0.2) is 0 Å². The first-order chi connectivity index (χ1) is 6.59. The normalized spacial score (nSPS) is 10.4. The summed E-state index contributed by atoms with van der Waals surface area (Å²) in [5, 5.41) is 11.3. The van der Waals surface area contributed by atoms with Crippen LogP contribution in [0.1, 0.15) is 0 Å². The summed E-state index contributed by atoms with van der Waals surface area (Å²) in [4.78, 5) is 10.2. The molecular formula is C9H7BrINO2. The number of carboxylic acids is 1. The molecule has 0 fully saturated rings. The highest BCUT2D eigenvalue weighted by atomic mass is 127. The monoisotopic (exact) mass is 367 g/mol. The zero-order chi connectivity index (χ0) is 10.6. The number of anilines is 1. The zero-order valence-electron chi connectivity index (χ0n) is 7.00. The Morgan fingerprint density at radius 1 is 1.57 bits per heavy atom. The lowest BCUT2D eigenvalue weighted by Gasteiger charge is -2.03. The van der Waals surface area contributed by atoms with Crippen molar-refractivity contribution in [3.63, 3.8) is 0 Å². The van der Waals surface area contributed by atoms with Crippen LogP contribution in [0.5, 0.6) is 0 Å². The average Bonchev–Trinajstić information content (AvgIpc) is 2.10. The summed E-state index contributed by atoms with van der Waals surface area (Å²) in [5.41, 5.74) is 0.873. The van der Waals surface area contributed by atoms with Gasteiger partial charge < -0.3 is 10.4 Å². The number of hydrogen-bond acceptors (Lipinski definition) is 2. The molecule has 1 aromatic rings. The molecule has 0 saturated carbocycles. The summed E-state index contributed by atoms with van der Waals surface area (Å²) >= 11 is 5.50. The highest BCUT2D eigenvalue weighted by Gasteiger charge is 1.97. The second kappa shape index (κ2) is 5.35. The molecule has 74 valence electrons. The molecule has 0 aromatic heterocycles. The second-order valence-corrected chi connectivity index (χ2v) is 4.52. The first kappa shape index (κ1) is 11.5. The van der Waals surface area contributed by atoms with Crippen LogP contribution in [0.3, 0.4) is 0 Å². The molecule has 0 radical (unpaired) electrons. The van der Waals surface area contributed by atoms with Crippen molar-refractivity contribution in [1.29, 1.82) is 0 Å². The maximum absolute atomic E-state index is 10.2. The van der Waals surface area contributed by atoms with E-state index in [1.54, 1.807) is 0 Å². The van der Waals surface area contributed by atoms with Crippen molar-refractivity contribution >= 4 is 50.2 Å². The molecule has 0 saturated heterocycles. The highest BCUT2D eigenvalue weighted by molar-refractivity contribution is 14.1. The predicted octanol–water partition coefficient (Wildman–Crippen LogP) is 3.06. The van der Waals surface area contributed by atoms with Crippen molar-refractivity contribution < 1.29 is 9.90 Å². The SMILES string of the molecule is O=C(O)/C=C/Nc1cc(Br)ccc1I. The van der Waals surface area contributed by atoms with Crippen LogP contribution in [0, 0.1) is 3.57 Å². The van der Waals surface area contributed by atoms with Crippen LogP contribution in [0.25, 0.3) is 0 Å². The number of carbonyl (C=O) groups is 1. The number of halogens is 2. The summed E-state index contributed by atoms with van der Waals surface area (Å²) in [7, 11) is 0. The smallest absolute Gasteiger partial charge is 0.329 e. The Kier molecular flexibility index (Phi) is 4.40. The largest absolute Gasteiger partial charge is 0.478 e. The third kappa shape index (κ3) is 3.67. The molecule has 0 spiro atoms. The van der Waals surface area contributed by atoms with Gasteiger partial charge in [0.2, 0.25) is 0 Å². The van der Waals surface area contributed by atoms with Gasteiger partial charge in [-0.25, -0.2) is 4.79 Å². The van der Waals surface area contributed by atoms with E-state index in [2.05, 4.69) is 43.8 Å². The van der Waals surface area contributed by atoms with Gasteiger partial charge in [0.05, 0.1) is 5.69 Å². The Hall–Kier alpha value is -0.560. The Bertz CT molecular complexity index is 379. The average molecular weight is 368 g/mol. The summed E-state index contributed by atoms with van der Waals surface area (Å²) < 4.78 is 1.98. The van der Waals surface area contributed by atoms with Gasteiger partial charge in [0, 0.05) is 20.3 Å². The van der Waals surface area contributed by atoms with Crippen LogP contribution >= 0.6 is 38.5 Å². The molecule has 0 bridgehead atoms. The van der Waals surface area contributed by atoms with E-state index in [1.165, 1.54) is 6.20 Å². The Labute approximate surface area is 103 Å². The molecule has 0 amide bonds. The predicted molar refractivity (Wildman–Crippen MR) is 67.3 cm³/mol. The minimum absolute atomic E-state index is 0.873. The minimum Gasteiger partial charge on any atom is -0.478 e. The highest BCUT2D eigenvalue weighted by Crippen LogP contribution is 2.22. The standard InChI is InChI=1S/C9H7BrINO2/c10-6-1-2-7(11)8(5-6)12-4-3-9(13)14/h1-5,12H,(H,13,14)/b4-3+. The van der Waals surface area contributed by atoms with Crippen LogP contribution in [-0.2, 0) is 4.79 Å². The van der Waals surface area contributed by atoms with E-state index in [1.807, 2.05) is 18.2 Å². The molecule has 14 heavy (non-hydrogen) atoms. The van der Waals surface area contributed by atoms with Crippen molar-refractivity contribution in [3.05, 3.63) is 38.5 Å². The number of benzene rings is 1. The fraction of sp³-hybridized carbons (Fsp3) is 0. The summed E-state index contributed by atoms with van der Waals surface area (Å²) in [6.07, 6.45) is 2.45. The number of rotatable bonds is 3. The number of carboxylic acid groups (broad SMARTS) is 1. The molecule has 2 N–H and O–H groups in total. The molecule has 5 heteroatoms. The van der Waals surface area contributed by atoms with Crippen molar-refractivity contribution in [1.82, 2.24) is 0 Å². The maximum Gasteiger partial charge on any atom is 0.329 e. The van der Waals surface area contributed by atoms with Crippen molar-refractivity contribution in [3.8, 4) is 0 Å². The maximum atomic E-state index is 10.2. The van der Waals surface area contributed by atoms with Crippen molar-refractivity contribution in [2.24, 2.45) is 0 Å². The Balaban J connectivity index is 2.76. The van der Waals surface area contributed by atoms with E-state index in [-0.39, 0.29) is 0 Å². The Morgan fingerprint density at radius 3 is 2.93 bits per heavy atom. The first-order valence-corrected chi connectivity index (χ1v) is 5.58. The molecule has 0 aliphatic carbocycles. The second-order valence-electron chi connectivity index (χ2n) is 2.44. The number of hydrogen-bond donors (Lipinski definition) is 2. The van der Waals surface area contributed by atoms with Crippen LogP contribution in [0.4, 0.5) is 5.69 Å². The topological polar surface area (TPSA) is 49.3 Å².